The van der Waals surface area contributed by atoms with Crippen molar-refractivity contribution < 1.29 is 9.53 Å². The van der Waals surface area contributed by atoms with Crippen LogP contribution in [0, 0.1) is 35.5 Å². The molecule has 2 N–H and O–H groups in total. The largest absolute Gasteiger partial charge is 0.461 e. The minimum Gasteiger partial charge on any atom is -0.461 e. The Labute approximate surface area is 224 Å². The summed E-state index contributed by atoms with van der Waals surface area (Å²) < 4.78 is 5.28. The summed E-state index contributed by atoms with van der Waals surface area (Å²) in [6.07, 6.45) is 3.44. The topological polar surface area (TPSA) is 115 Å². The van der Waals surface area contributed by atoms with Crippen LogP contribution in [0.4, 0.5) is 17.3 Å². The Bertz CT molecular complexity index is 1350. The van der Waals surface area contributed by atoms with Gasteiger partial charge in [0.05, 0.1) is 12.7 Å². The molecule has 1 aliphatic rings. The van der Waals surface area contributed by atoms with Crippen molar-refractivity contribution in [3.8, 4) is 17.2 Å². The maximum absolute atomic E-state index is 12.8. The van der Waals surface area contributed by atoms with E-state index in [9.17, 15) is 10.1 Å². The van der Waals surface area contributed by atoms with Crippen molar-refractivity contribution in [3.05, 3.63) is 65.5 Å². The van der Waals surface area contributed by atoms with Gasteiger partial charge in [-0.2, -0.15) is 5.26 Å². The lowest BCUT2D eigenvalue weighted by Gasteiger charge is -2.30. The Morgan fingerprint density at radius 1 is 1.24 bits per heavy atom. The van der Waals surface area contributed by atoms with Gasteiger partial charge in [0.25, 0.3) is 0 Å². The molecule has 1 fully saturated rings. The van der Waals surface area contributed by atoms with E-state index in [1.807, 2.05) is 57.2 Å². The number of pyridine rings is 2. The summed E-state index contributed by atoms with van der Waals surface area (Å²) >= 11 is 0. The first-order chi connectivity index (χ1) is 18.3. The molecule has 0 bridgehead atoms. The Kier molecular flexibility index (Phi) is 8.37. The smallest absolute Gasteiger partial charge is 0.357 e. The van der Waals surface area contributed by atoms with Gasteiger partial charge in [-0.3, -0.25) is 0 Å². The number of aryl methyl sites for hydroxylation is 1. The molecule has 1 aromatic carbocycles. The molecule has 8 heteroatoms. The van der Waals surface area contributed by atoms with Crippen molar-refractivity contribution in [2.75, 3.05) is 29.9 Å². The molecule has 4 rings (SSSR count). The second-order valence-electron chi connectivity index (χ2n) is 9.86. The number of ether oxygens (including phenoxy) is 1. The average molecular weight is 511 g/mol. The Hall–Kier alpha value is -4.25. The van der Waals surface area contributed by atoms with E-state index in [1.165, 1.54) is 0 Å². The van der Waals surface area contributed by atoms with Crippen molar-refractivity contribution in [2.24, 2.45) is 11.8 Å². The van der Waals surface area contributed by atoms with Gasteiger partial charge in [0.2, 0.25) is 0 Å². The van der Waals surface area contributed by atoms with Crippen LogP contribution < -0.4 is 10.2 Å². The average Bonchev–Trinajstić information content (AvgIpc) is 2.92. The lowest BCUT2D eigenvalue weighted by Crippen LogP contribution is -2.33. The summed E-state index contributed by atoms with van der Waals surface area (Å²) in [5, 5.41) is 21.5. The first kappa shape index (κ1) is 26.8. The van der Waals surface area contributed by atoms with E-state index in [4.69, 9.17) is 15.1 Å². The lowest BCUT2D eigenvalue weighted by atomic mass is 9.92. The van der Waals surface area contributed by atoms with Crippen molar-refractivity contribution in [3.63, 3.8) is 0 Å². The van der Waals surface area contributed by atoms with E-state index in [2.05, 4.69) is 21.3 Å². The molecule has 0 unspecified atom stereocenters. The van der Waals surface area contributed by atoms with Gasteiger partial charge in [-0.25, -0.2) is 14.8 Å². The van der Waals surface area contributed by atoms with Gasteiger partial charge in [-0.1, -0.05) is 26.0 Å². The molecule has 0 saturated carbocycles. The number of anilines is 3. The predicted molar refractivity (Wildman–Crippen MR) is 150 cm³/mol. The number of rotatable bonds is 8. The summed E-state index contributed by atoms with van der Waals surface area (Å²) in [6, 6.07) is 15.9. The molecule has 196 valence electrons. The highest BCUT2D eigenvalue weighted by Gasteiger charge is 2.24. The summed E-state index contributed by atoms with van der Waals surface area (Å²) in [6.45, 7) is 9.52. The third-order valence-electron chi connectivity index (χ3n) is 6.69. The van der Waals surface area contributed by atoms with Crippen LogP contribution in [0.1, 0.15) is 55.2 Å². The maximum Gasteiger partial charge on any atom is 0.357 e. The van der Waals surface area contributed by atoms with E-state index in [0.717, 1.165) is 48.6 Å². The third kappa shape index (κ3) is 6.00. The van der Waals surface area contributed by atoms with Crippen molar-refractivity contribution in [1.29, 1.82) is 10.7 Å². The number of nitrogens with one attached hydrogen (secondary N) is 2. The molecule has 0 spiro atoms. The molecule has 8 nitrogen and oxygen atoms in total. The van der Waals surface area contributed by atoms with Crippen LogP contribution in [0.2, 0.25) is 0 Å². The molecule has 0 amide bonds. The highest BCUT2D eigenvalue weighted by Crippen LogP contribution is 2.34. The Balaban J connectivity index is 1.80. The molecule has 0 atom stereocenters. The van der Waals surface area contributed by atoms with Crippen molar-refractivity contribution in [1.82, 2.24) is 9.97 Å². The minimum absolute atomic E-state index is 0.0734. The van der Waals surface area contributed by atoms with Crippen LogP contribution in [-0.2, 0) is 4.74 Å². The summed E-state index contributed by atoms with van der Waals surface area (Å²) in [4.78, 5) is 24.4. The van der Waals surface area contributed by atoms with Crippen molar-refractivity contribution in [2.45, 2.75) is 40.5 Å². The maximum atomic E-state index is 12.8. The number of aromatic nitrogens is 2. The molecular formula is C30H34N6O2. The molecule has 3 aromatic rings. The zero-order chi connectivity index (χ0) is 27.2. The standard InChI is InChI=1S/C30H34N6O2/c1-5-38-30(37)25-16-24(22-9-10-26(33-18-22)36-13-11-21(17-31)12-14-36)27(28(32)19(2)3)29(35-25)34-23-8-6-7-20(4)15-23/h6-10,15-16,18-19,21,32H,5,11-14H2,1-4H3,(H,34,35). The van der Waals surface area contributed by atoms with Gasteiger partial charge in [-0.15, -0.1) is 0 Å². The molecule has 0 radical (unpaired) electrons. The van der Waals surface area contributed by atoms with Gasteiger partial charge in [0, 0.05) is 47.7 Å². The quantitative estimate of drug-likeness (QED) is 0.276. The van der Waals surface area contributed by atoms with E-state index < -0.39 is 5.97 Å². The molecule has 0 aliphatic carbocycles. The Morgan fingerprint density at radius 2 is 2.00 bits per heavy atom. The lowest BCUT2D eigenvalue weighted by molar-refractivity contribution is 0.0519. The molecule has 38 heavy (non-hydrogen) atoms. The van der Waals surface area contributed by atoms with Crippen LogP contribution in [-0.4, -0.2) is 41.3 Å². The second-order valence-corrected chi connectivity index (χ2v) is 9.86. The molecule has 1 aliphatic heterocycles. The highest BCUT2D eigenvalue weighted by atomic mass is 16.5. The van der Waals surface area contributed by atoms with Gasteiger partial charge in [0.1, 0.15) is 11.6 Å². The number of esters is 1. The first-order valence-electron chi connectivity index (χ1n) is 13.1. The number of carbonyl (C=O) groups is 1. The number of piperidine rings is 1. The third-order valence-corrected chi connectivity index (χ3v) is 6.69. The molecule has 3 heterocycles. The molecular weight excluding hydrogens is 476 g/mol. The first-order valence-corrected chi connectivity index (χ1v) is 13.1. The van der Waals surface area contributed by atoms with Gasteiger partial charge in [0.15, 0.2) is 5.69 Å². The Morgan fingerprint density at radius 3 is 2.61 bits per heavy atom. The normalized spacial score (nSPS) is 13.7. The fourth-order valence-electron chi connectivity index (χ4n) is 4.56. The fraction of sp³-hybridized carbons (Fsp3) is 0.367. The van der Waals surface area contributed by atoms with Crippen LogP contribution in [0.15, 0.2) is 48.7 Å². The molecule has 1 saturated heterocycles. The second kappa shape index (κ2) is 11.9. The van der Waals surface area contributed by atoms with Crippen molar-refractivity contribution >= 4 is 29.0 Å². The highest BCUT2D eigenvalue weighted by molar-refractivity contribution is 6.10. The number of hydrogen-bond donors (Lipinski definition) is 2. The van der Waals surface area contributed by atoms with Crippen LogP contribution in [0.5, 0.6) is 0 Å². The van der Waals surface area contributed by atoms with E-state index in [1.54, 1.807) is 19.2 Å². The van der Waals surface area contributed by atoms with E-state index >= 15 is 0 Å². The van der Waals surface area contributed by atoms with E-state index in [0.29, 0.717) is 22.7 Å². The number of nitrogens with zero attached hydrogens (tertiary/aromatic N) is 4. The molecule has 2 aromatic heterocycles. The van der Waals surface area contributed by atoms with Crippen LogP contribution in [0.3, 0.4) is 0 Å². The van der Waals surface area contributed by atoms with Gasteiger partial charge in [-0.05, 0) is 74.1 Å². The SMILES string of the molecule is CCOC(=O)c1cc(-c2ccc(N3CCC(C#N)CC3)nc2)c(C(=N)C(C)C)c(Nc2cccc(C)c2)n1. The van der Waals surface area contributed by atoms with Gasteiger partial charge < -0.3 is 20.4 Å². The summed E-state index contributed by atoms with van der Waals surface area (Å²) in [7, 11) is 0. The number of carbonyl (C=O) groups excluding carboxylic acids is 1. The zero-order valence-corrected chi connectivity index (χ0v) is 22.4. The van der Waals surface area contributed by atoms with Crippen LogP contribution >= 0.6 is 0 Å². The number of benzene rings is 1. The zero-order valence-electron chi connectivity index (χ0n) is 22.4. The minimum atomic E-state index is -0.520. The summed E-state index contributed by atoms with van der Waals surface area (Å²) in [5.41, 5.74) is 4.56. The van der Waals surface area contributed by atoms with Crippen LogP contribution in [0.25, 0.3) is 11.1 Å². The number of hydrogen-bond acceptors (Lipinski definition) is 8. The predicted octanol–water partition coefficient (Wildman–Crippen LogP) is 6.14. The monoisotopic (exact) mass is 510 g/mol. The number of nitriles is 1. The fourth-order valence-corrected chi connectivity index (χ4v) is 4.56. The summed E-state index contributed by atoms with van der Waals surface area (Å²) in [5.74, 6) is 0.790. The van der Waals surface area contributed by atoms with Gasteiger partial charge >= 0.3 is 5.97 Å². The van der Waals surface area contributed by atoms with E-state index in [-0.39, 0.29) is 24.1 Å².